The number of nitrogens with zero attached hydrogens (tertiary/aromatic N) is 6. The van der Waals surface area contributed by atoms with E-state index in [2.05, 4.69) is 26.0 Å². The molecule has 0 N–H and O–H groups in total. The predicted molar refractivity (Wildman–Crippen MR) is 89.4 cm³/mol. The first-order chi connectivity index (χ1) is 11.8. The molecular formula is C18H17N6Pt+. The molecule has 0 fully saturated rings. The quantitative estimate of drug-likeness (QED) is 0.304. The summed E-state index contributed by atoms with van der Waals surface area (Å²) >= 11 is 0. The molecule has 1 aromatic carbocycles. The second-order valence-corrected chi connectivity index (χ2v) is 5.04. The zero-order valence-corrected chi connectivity index (χ0v) is 16.1. The number of aromatic nitrogens is 6. The molecule has 128 valence electrons. The number of rotatable bonds is 2. The zero-order chi connectivity index (χ0) is 16.8. The third kappa shape index (κ3) is 4.70. The summed E-state index contributed by atoms with van der Waals surface area (Å²) in [6.45, 7) is 0. The minimum Gasteiger partial charge on any atom is -0.441 e. The minimum atomic E-state index is 0. The summed E-state index contributed by atoms with van der Waals surface area (Å²) in [6.07, 6.45) is 6.83. The van der Waals surface area contributed by atoms with Crippen molar-refractivity contribution >= 4 is 0 Å². The maximum Gasteiger partial charge on any atom is 2.00 e. The van der Waals surface area contributed by atoms with E-state index in [0.717, 1.165) is 17.1 Å². The van der Waals surface area contributed by atoms with Crippen LogP contribution in [0.3, 0.4) is 0 Å². The molecule has 0 radical (unpaired) electrons. The summed E-state index contributed by atoms with van der Waals surface area (Å²) in [5.41, 5.74) is 1.84. The number of imidazole rings is 1. The van der Waals surface area contributed by atoms with Gasteiger partial charge in [0.2, 0.25) is 5.82 Å². The number of pyridine rings is 1. The molecular weight excluding hydrogens is 495 g/mol. The van der Waals surface area contributed by atoms with Crippen molar-refractivity contribution in [2.24, 2.45) is 14.1 Å². The van der Waals surface area contributed by atoms with E-state index in [1.807, 2.05) is 65.9 Å². The van der Waals surface area contributed by atoms with Crippen molar-refractivity contribution in [1.82, 2.24) is 24.6 Å². The van der Waals surface area contributed by atoms with Crippen molar-refractivity contribution in [3.05, 3.63) is 73.4 Å². The minimum absolute atomic E-state index is 0. The van der Waals surface area contributed by atoms with E-state index in [4.69, 9.17) is 0 Å². The van der Waals surface area contributed by atoms with Gasteiger partial charge < -0.3 is 9.97 Å². The first-order valence-electron chi connectivity index (χ1n) is 7.45. The van der Waals surface area contributed by atoms with Gasteiger partial charge in [-0.1, -0.05) is 29.0 Å². The second-order valence-electron chi connectivity index (χ2n) is 5.04. The van der Waals surface area contributed by atoms with E-state index >= 15 is 0 Å². The average Bonchev–Trinajstić information content (AvgIpc) is 3.28. The van der Waals surface area contributed by atoms with Crippen LogP contribution in [0.2, 0.25) is 0 Å². The molecule has 0 aliphatic carbocycles. The fraction of sp³-hybridized carbons (Fsp3) is 0.111. The Morgan fingerprint density at radius 2 is 1.88 bits per heavy atom. The molecule has 0 unspecified atom stereocenters. The van der Waals surface area contributed by atoms with Crippen molar-refractivity contribution in [3.63, 3.8) is 0 Å². The summed E-state index contributed by atoms with van der Waals surface area (Å²) in [5, 5.41) is 0. The molecule has 0 saturated carbocycles. The van der Waals surface area contributed by atoms with E-state index in [0.29, 0.717) is 5.82 Å². The first kappa shape index (κ1) is 18.7. The normalized spacial score (nSPS) is 9.68. The van der Waals surface area contributed by atoms with E-state index in [1.54, 1.807) is 24.9 Å². The van der Waals surface area contributed by atoms with Gasteiger partial charge in [0.05, 0.1) is 12.7 Å². The molecule has 4 rings (SSSR count). The van der Waals surface area contributed by atoms with Gasteiger partial charge in [-0.25, -0.2) is 4.68 Å². The monoisotopic (exact) mass is 512 g/mol. The van der Waals surface area contributed by atoms with Gasteiger partial charge in [0.25, 0.3) is 6.33 Å². The fourth-order valence-electron chi connectivity index (χ4n) is 2.09. The van der Waals surface area contributed by atoms with E-state index in [9.17, 15) is 0 Å². The van der Waals surface area contributed by atoms with Gasteiger partial charge in [-0.15, -0.1) is 30.3 Å². The maximum atomic E-state index is 4.28. The van der Waals surface area contributed by atoms with Crippen LogP contribution in [0, 0.1) is 6.07 Å². The van der Waals surface area contributed by atoms with Crippen molar-refractivity contribution in [2.75, 3.05) is 0 Å². The Hall–Kier alpha value is -2.59. The molecule has 6 nitrogen and oxygen atoms in total. The zero-order valence-electron chi connectivity index (χ0n) is 13.9. The molecule has 0 amide bonds. The summed E-state index contributed by atoms with van der Waals surface area (Å²) in [4.78, 5) is 16.4. The van der Waals surface area contributed by atoms with Crippen LogP contribution in [0.5, 0.6) is 0 Å². The Bertz CT molecular complexity index is 873. The Balaban J connectivity index is 0.000000175. The molecule has 0 aliphatic rings. The van der Waals surface area contributed by atoms with Gasteiger partial charge >= 0.3 is 21.1 Å². The van der Waals surface area contributed by atoms with Crippen LogP contribution in [-0.4, -0.2) is 19.6 Å². The van der Waals surface area contributed by atoms with Crippen molar-refractivity contribution < 1.29 is 25.7 Å². The van der Waals surface area contributed by atoms with Crippen LogP contribution in [0.25, 0.3) is 22.9 Å². The third-order valence-electron chi connectivity index (χ3n) is 3.43. The molecule has 7 heteroatoms. The topological polar surface area (TPSA) is 61.6 Å². The Labute approximate surface area is 160 Å². The molecule has 0 spiro atoms. The molecule has 0 bridgehead atoms. The van der Waals surface area contributed by atoms with Crippen molar-refractivity contribution in [3.8, 4) is 22.9 Å². The Kier molecular flexibility index (Phi) is 6.78. The largest absolute Gasteiger partial charge is 2.00 e. The van der Waals surface area contributed by atoms with Gasteiger partial charge in [0, 0.05) is 13.2 Å². The van der Waals surface area contributed by atoms with Crippen LogP contribution < -0.4 is 9.67 Å². The van der Waals surface area contributed by atoms with E-state index in [-0.39, 0.29) is 21.1 Å². The number of hydrogen-bond acceptors (Lipinski definition) is 3. The summed E-state index contributed by atoms with van der Waals surface area (Å²) < 4.78 is 3.90. The smallest absolute Gasteiger partial charge is 0.441 e. The maximum absolute atomic E-state index is 4.28. The van der Waals surface area contributed by atoms with Crippen molar-refractivity contribution in [2.45, 2.75) is 0 Å². The SMILES string of the molecule is Cn1c(-c2[c-]cccc2)nc[n+]1C.[Pt+2].c1ccc(-c2ncc[n-]2)nc1. The first-order valence-corrected chi connectivity index (χ1v) is 7.45. The molecule has 0 aliphatic heterocycles. The van der Waals surface area contributed by atoms with Crippen LogP contribution in [0.15, 0.2) is 67.4 Å². The molecule has 0 saturated heterocycles. The standard InChI is InChI=1S/C10H11N3.C8H6N3.Pt/c1-12-8-11-10(13(12)2)9-6-4-3-5-7-9;1-2-4-9-7(3-1)8-10-5-6-11-8;/h3-6,8H,1-2H3;1-6H;/q;-1;+2. The van der Waals surface area contributed by atoms with Crippen molar-refractivity contribution in [1.29, 1.82) is 0 Å². The second kappa shape index (κ2) is 9.04. The van der Waals surface area contributed by atoms with E-state index < -0.39 is 0 Å². The molecule has 4 aromatic rings. The van der Waals surface area contributed by atoms with Gasteiger partial charge in [-0.3, -0.25) is 4.98 Å². The fourth-order valence-corrected chi connectivity index (χ4v) is 2.09. The molecule has 25 heavy (non-hydrogen) atoms. The Morgan fingerprint density at radius 1 is 1.04 bits per heavy atom. The number of benzene rings is 1. The van der Waals surface area contributed by atoms with Gasteiger partial charge in [-0.2, -0.15) is 4.68 Å². The predicted octanol–water partition coefficient (Wildman–Crippen LogP) is 1.81. The van der Waals surface area contributed by atoms with Crippen LogP contribution in [0.1, 0.15) is 0 Å². The summed E-state index contributed by atoms with van der Waals surface area (Å²) in [5.74, 6) is 1.62. The number of hydrogen-bond donors (Lipinski definition) is 0. The average molecular weight is 512 g/mol. The summed E-state index contributed by atoms with van der Waals surface area (Å²) in [7, 11) is 3.93. The van der Waals surface area contributed by atoms with E-state index in [1.165, 1.54) is 0 Å². The summed E-state index contributed by atoms with van der Waals surface area (Å²) in [6, 6.07) is 16.6. The van der Waals surface area contributed by atoms with Crippen LogP contribution >= 0.6 is 0 Å². The third-order valence-corrected chi connectivity index (χ3v) is 3.43. The molecule has 3 aromatic heterocycles. The number of aryl methyl sites for hydroxylation is 1. The molecule has 3 heterocycles. The van der Waals surface area contributed by atoms with Crippen LogP contribution in [-0.2, 0) is 35.2 Å². The Morgan fingerprint density at radius 3 is 2.44 bits per heavy atom. The van der Waals surface area contributed by atoms with Gasteiger partial charge in [-0.05, 0) is 18.0 Å². The van der Waals surface area contributed by atoms with Gasteiger partial charge in [0.1, 0.15) is 0 Å². The van der Waals surface area contributed by atoms with Crippen LogP contribution in [0.4, 0.5) is 0 Å². The molecule has 0 atom stereocenters. The van der Waals surface area contributed by atoms with Gasteiger partial charge in [0.15, 0.2) is 0 Å².